The molecule has 0 aliphatic heterocycles. The highest BCUT2D eigenvalue weighted by atomic mass is 32.1. The summed E-state index contributed by atoms with van der Waals surface area (Å²) in [6, 6.07) is 4.24. The first-order chi connectivity index (χ1) is 7.79. The molecule has 1 unspecified atom stereocenters. The molecule has 0 saturated carbocycles. The van der Waals surface area contributed by atoms with Crippen molar-refractivity contribution >= 4 is 17.2 Å². The van der Waals surface area contributed by atoms with Crippen LogP contribution in [0.1, 0.15) is 36.6 Å². The summed E-state index contributed by atoms with van der Waals surface area (Å²) >= 11 is 1.73. The van der Waals surface area contributed by atoms with E-state index >= 15 is 0 Å². The fourth-order valence-electron chi connectivity index (χ4n) is 1.56. The second-order valence-electron chi connectivity index (χ2n) is 4.75. The maximum absolute atomic E-state index is 12.2. The summed E-state index contributed by atoms with van der Waals surface area (Å²) in [4.78, 5) is 16.4. The van der Waals surface area contributed by atoms with Gasteiger partial charge in [0, 0.05) is 23.9 Å². The Morgan fingerprint density at radius 1 is 1.47 bits per heavy atom. The van der Waals surface area contributed by atoms with Gasteiger partial charge in [-0.05, 0) is 39.8 Å². The van der Waals surface area contributed by atoms with E-state index in [1.807, 2.05) is 14.0 Å². The van der Waals surface area contributed by atoms with Gasteiger partial charge in [0.1, 0.15) is 5.60 Å². The lowest BCUT2D eigenvalue weighted by Crippen LogP contribution is -2.45. The molecule has 0 fully saturated rings. The maximum atomic E-state index is 12.2. The van der Waals surface area contributed by atoms with Crippen molar-refractivity contribution in [1.29, 1.82) is 0 Å². The van der Waals surface area contributed by atoms with Crippen LogP contribution in [0.25, 0.3) is 0 Å². The molecule has 0 N–H and O–H groups in total. The van der Waals surface area contributed by atoms with Gasteiger partial charge in [0.2, 0.25) is 0 Å². The number of methoxy groups -OCH3 is 1. The second kappa shape index (κ2) is 5.19. The van der Waals surface area contributed by atoms with Crippen molar-refractivity contribution < 1.29 is 9.53 Å². The highest BCUT2D eigenvalue weighted by Gasteiger charge is 2.32. The summed E-state index contributed by atoms with van der Waals surface area (Å²) in [6.45, 7) is 7.69. The largest absolute Gasteiger partial charge is 0.369 e. The quantitative estimate of drug-likeness (QED) is 0.827. The smallest absolute Gasteiger partial charge is 0.254 e. The van der Waals surface area contributed by atoms with Crippen molar-refractivity contribution in [2.45, 2.75) is 39.3 Å². The van der Waals surface area contributed by atoms with Crippen LogP contribution in [0.5, 0.6) is 0 Å². The minimum atomic E-state index is -0.769. The first-order valence-electron chi connectivity index (χ1n) is 5.68. The standard InChI is InChI=1S/C13H21NO2S/c1-9-7-8-11(17-9)10(2)14(5)12(15)13(3,4)16-6/h7-8,10H,1-6H3. The molecule has 0 aliphatic carbocycles. The third kappa shape index (κ3) is 3.07. The SMILES string of the molecule is COC(C)(C)C(=O)N(C)C(C)c1ccc(C)s1. The monoisotopic (exact) mass is 255 g/mol. The molecular formula is C13H21NO2S. The molecule has 1 heterocycles. The van der Waals surface area contributed by atoms with Crippen molar-refractivity contribution in [2.24, 2.45) is 0 Å². The van der Waals surface area contributed by atoms with Gasteiger partial charge in [0.25, 0.3) is 5.91 Å². The summed E-state index contributed by atoms with van der Waals surface area (Å²) in [7, 11) is 3.38. The van der Waals surface area contributed by atoms with Crippen molar-refractivity contribution in [1.82, 2.24) is 4.90 Å². The normalized spacial score (nSPS) is 13.5. The molecule has 1 rings (SSSR count). The molecule has 0 saturated heterocycles. The zero-order chi connectivity index (χ0) is 13.2. The van der Waals surface area contributed by atoms with Crippen LogP contribution < -0.4 is 0 Å². The van der Waals surface area contributed by atoms with Gasteiger partial charge >= 0.3 is 0 Å². The molecule has 17 heavy (non-hydrogen) atoms. The van der Waals surface area contributed by atoms with Gasteiger partial charge < -0.3 is 9.64 Å². The Balaban J connectivity index is 2.83. The second-order valence-corrected chi connectivity index (χ2v) is 6.07. The minimum Gasteiger partial charge on any atom is -0.369 e. The van der Waals surface area contributed by atoms with Gasteiger partial charge in [-0.3, -0.25) is 4.79 Å². The molecule has 1 amide bonds. The number of carbonyl (C=O) groups excluding carboxylic acids is 1. The van der Waals surface area contributed by atoms with Crippen molar-refractivity contribution in [2.75, 3.05) is 14.2 Å². The number of aryl methyl sites for hydroxylation is 1. The molecule has 96 valence electrons. The first-order valence-corrected chi connectivity index (χ1v) is 6.50. The molecule has 0 radical (unpaired) electrons. The van der Waals surface area contributed by atoms with Gasteiger partial charge in [-0.1, -0.05) is 0 Å². The van der Waals surface area contributed by atoms with Gasteiger partial charge in [-0.25, -0.2) is 0 Å². The molecule has 0 aromatic carbocycles. The van der Waals surface area contributed by atoms with E-state index in [0.29, 0.717) is 0 Å². The summed E-state index contributed by atoms with van der Waals surface area (Å²) in [5.41, 5.74) is -0.769. The number of hydrogen-bond acceptors (Lipinski definition) is 3. The molecular weight excluding hydrogens is 234 g/mol. The lowest BCUT2D eigenvalue weighted by atomic mass is 10.1. The number of carbonyl (C=O) groups is 1. The van der Waals surface area contributed by atoms with E-state index in [2.05, 4.69) is 19.1 Å². The predicted octanol–water partition coefficient (Wildman–Crippen LogP) is 3.00. The molecule has 0 spiro atoms. The van der Waals surface area contributed by atoms with E-state index < -0.39 is 5.60 Å². The van der Waals surface area contributed by atoms with Crippen LogP contribution in [0, 0.1) is 6.92 Å². The molecule has 1 atom stereocenters. The van der Waals surface area contributed by atoms with Crippen LogP contribution in [0.3, 0.4) is 0 Å². The van der Waals surface area contributed by atoms with E-state index in [1.54, 1.807) is 37.2 Å². The number of nitrogens with zero attached hydrogens (tertiary/aromatic N) is 1. The first kappa shape index (κ1) is 14.2. The lowest BCUT2D eigenvalue weighted by Gasteiger charge is -2.31. The number of hydrogen-bond donors (Lipinski definition) is 0. The summed E-state index contributed by atoms with van der Waals surface area (Å²) < 4.78 is 5.22. The van der Waals surface area contributed by atoms with Crippen molar-refractivity contribution in [3.8, 4) is 0 Å². The van der Waals surface area contributed by atoms with E-state index in [9.17, 15) is 4.79 Å². The van der Waals surface area contributed by atoms with Gasteiger partial charge in [0.15, 0.2) is 0 Å². The van der Waals surface area contributed by atoms with Crippen molar-refractivity contribution in [3.63, 3.8) is 0 Å². The predicted molar refractivity (Wildman–Crippen MR) is 71.3 cm³/mol. The average Bonchev–Trinajstić information content (AvgIpc) is 2.72. The zero-order valence-electron chi connectivity index (χ0n) is 11.4. The maximum Gasteiger partial charge on any atom is 0.254 e. The van der Waals surface area contributed by atoms with Crippen LogP contribution in [0.2, 0.25) is 0 Å². The summed E-state index contributed by atoms with van der Waals surface area (Å²) in [5, 5.41) is 0. The molecule has 1 aromatic heterocycles. The molecule has 0 bridgehead atoms. The number of amides is 1. The summed E-state index contributed by atoms with van der Waals surface area (Å²) in [5.74, 6) is -0.00134. The number of thiophene rings is 1. The van der Waals surface area contributed by atoms with Crippen LogP contribution in [-0.4, -0.2) is 30.6 Å². The Morgan fingerprint density at radius 2 is 2.06 bits per heavy atom. The fourth-order valence-corrected chi connectivity index (χ4v) is 2.53. The lowest BCUT2D eigenvalue weighted by molar-refractivity contribution is -0.151. The third-order valence-electron chi connectivity index (χ3n) is 3.10. The topological polar surface area (TPSA) is 29.5 Å². The van der Waals surface area contributed by atoms with Crippen LogP contribution in [-0.2, 0) is 9.53 Å². The Bertz CT molecular complexity index is 398. The van der Waals surface area contributed by atoms with Gasteiger partial charge in [-0.15, -0.1) is 11.3 Å². The molecule has 3 nitrogen and oxygen atoms in total. The Hall–Kier alpha value is -0.870. The van der Waals surface area contributed by atoms with E-state index in [1.165, 1.54) is 9.75 Å². The highest BCUT2D eigenvalue weighted by molar-refractivity contribution is 7.12. The summed E-state index contributed by atoms with van der Waals surface area (Å²) in [6.07, 6.45) is 0. The minimum absolute atomic E-state index is 0.00134. The zero-order valence-corrected chi connectivity index (χ0v) is 12.2. The van der Waals surface area contributed by atoms with Crippen LogP contribution in [0.15, 0.2) is 12.1 Å². The fraction of sp³-hybridized carbons (Fsp3) is 0.615. The van der Waals surface area contributed by atoms with Crippen molar-refractivity contribution in [3.05, 3.63) is 21.9 Å². The van der Waals surface area contributed by atoms with Gasteiger partial charge in [-0.2, -0.15) is 0 Å². The molecule has 4 heteroatoms. The van der Waals surface area contributed by atoms with Crippen LogP contribution in [0.4, 0.5) is 0 Å². The van der Waals surface area contributed by atoms with E-state index in [-0.39, 0.29) is 11.9 Å². The van der Waals surface area contributed by atoms with Crippen LogP contribution >= 0.6 is 11.3 Å². The molecule has 1 aromatic rings. The number of rotatable bonds is 4. The number of ether oxygens (including phenoxy) is 1. The Labute approximate surface area is 107 Å². The van der Waals surface area contributed by atoms with Gasteiger partial charge in [0.05, 0.1) is 6.04 Å². The van der Waals surface area contributed by atoms with E-state index in [4.69, 9.17) is 4.74 Å². The average molecular weight is 255 g/mol. The molecule has 0 aliphatic rings. The highest BCUT2D eigenvalue weighted by Crippen LogP contribution is 2.28. The van der Waals surface area contributed by atoms with E-state index in [0.717, 1.165) is 0 Å². The Morgan fingerprint density at radius 3 is 2.47 bits per heavy atom. The third-order valence-corrected chi connectivity index (χ3v) is 4.27. The number of likely N-dealkylation sites (N-methyl/N-ethyl adjacent to an activating group) is 1. The Kier molecular flexibility index (Phi) is 4.33.